The number of amides is 1. The lowest BCUT2D eigenvalue weighted by molar-refractivity contribution is -0.141. The molecular weight excluding hydrogens is 466 g/mol. The van der Waals surface area contributed by atoms with Crippen LogP contribution in [-0.4, -0.2) is 91.9 Å². The fourth-order valence-electron chi connectivity index (χ4n) is 5.37. The third-order valence-electron chi connectivity index (χ3n) is 7.30. The number of hydrogen-bond acceptors (Lipinski definition) is 6. The molecule has 7 nitrogen and oxygen atoms in total. The van der Waals surface area contributed by atoms with E-state index in [0.717, 1.165) is 6.07 Å². The van der Waals surface area contributed by atoms with Gasteiger partial charge >= 0.3 is 6.18 Å². The molecule has 2 aromatic rings. The van der Waals surface area contributed by atoms with E-state index < -0.39 is 18.0 Å². The molecule has 5 rings (SSSR count). The number of fused-ring (bicyclic) bond motifs is 1. The Hall–Kier alpha value is -2.66. The van der Waals surface area contributed by atoms with Crippen molar-refractivity contribution in [2.24, 2.45) is 0 Å². The molecule has 3 fully saturated rings. The molecule has 190 valence electrons. The minimum Gasteiger partial charge on any atom is -0.497 e. The number of nitrogens with one attached hydrogen (secondary N) is 1. The molecule has 1 aromatic heterocycles. The van der Waals surface area contributed by atoms with Crippen LogP contribution in [0.2, 0.25) is 0 Å². The number of hydrogen-bond donors (Lipinski definition) is 1. The largest absolute Gasteiger partial charge is 0.497 e. The zero-order chi connectivity index (χ0) is 24.7. The Kier molecular flexibility index (Phi) is 6.47. The Morgan fingerprint density at radius 2 is 1.91 bits per heavy atom. The van der Waals surface area contributed by atoms with Gasteiger partial charge in [-0.25, -0.2) is 9.37 Å². The summed E-state index contributed by atoms with van der Waals surface area (Å²) in [5.74, 6) is 0.520. The number of halogens is 4. The van der Waals surface area contributed by atoms with Crippen LogP contribution in [0.1, 0.15) is 18.5 Å². The number of rotatable bonds is 4. The van der Waals surface area contributed by atoms with E-state index in [2.05, 4.69) is 15.2 Å². The third-order valence-corrected chi connectivity index (χ3v) is 7.30. The number of anilines is 1. The smallest absolute Gasteiger partial charge is 0.433 e. The fourth-order valence-corrected chi connectivity index (χ4v) is 5.37. The molecule has 35 heavy (non-hydrogen) atoms. The zero-order valence-corrected chi connectivity index (χ0v) is 19.5. The highest BCUT2D eigenvalue weighted by Crippen LogP contribution is 2.36. The molecule has 1 unspecified atom stereocenters. The summed E-state index contributed by atoms with van der Waals surface area (Å²) in [7, 11) is 1.52. The number of benzene rings is 1. The molecule has 0 spiro atoms. The minimum absolute atomic E-state index is 0.0387. The van der Waals surface area contributed by atoms with Gasteiger partial charge in [-0.15, -0.1) is 0 Å². The average molecular weight is 496 g/mol. The van der Waals surface area contributed by atoms with Crippen LogP contribution in [0.5, 0.6) is 5.75 Å². The Balaban J connectivity index is 1.28. The lowest BCUT2D eigenvalue weighted by Crippen LogP contribution is -2.51. The average Bonchev–Trinajstić information content (AvgIpc) is 3.52. The van der Waals surface area contributed by atoms with E-state index in [-0.39, 0.29) is 30.1 Å². The van der Waals surface area contributed by atoms with Gasteiger partial charge in [-0.1, -0.05) is 0 Å². The van der Waals surface area contributed by atoms with Crippen molar-refractivity contribution in [2.45, 2.75) is 37.3 Å². The van der Waals surface area contributed by atoms with Crippen LogP contribution >= 0.6 is 0 Å². The first-order valence-electron chi connectivity index (χ1n) is 11.9. The number of likely N-dealkylation sites (tertiary alicyclic amines) is 1. The minimum atomic E-state index is -4.54. The maximum atomic E-state index is 13.5. The van der Waals surface area contributed by atoms with Gasteiger partial charge in [0.2, 0.25) is 5.91 Å². The summed E-state index contributed by atoms with van der Waals surface area (Å²) in [6.07, 6.45) is -4.43. The molecule has 3 aliphatic heterocycles. The van der Waals surface area contributed by atoms with E-state index in [1.807, 2.05) is 4.90 Å². The molecule has 0 bridgehead atoms. The summed E-state index contributed by atoms with van der Waals surface area (Å²) in [5.41, 5.74) is -0.142. The van der Waals surface area contributed by atoms with Crippen LogP contribution in [0.15, 0.2) is 24.3 Å². The molecule has 11 heteroatoms. The first-order valence-corrected chi connectivity index (χ1v) is 11.9. The predicted molar refractivity (Wildman–Crippen MR) is 123 cm³/mol. The number of ether oxygens (including phenoxy) is 1. The fraction of sp³-hybridized carbons (Fsp3) is 0.583. The Morgan fingerprint density at radius 3 is 2.57 bits per heavy atom. The van der Waals surface area contributed by atoms with Gasteiger partial charge in [-0.2, -0.15) is 13.2 Å². The van der Waals surface area contributed by atoms with Crippen LogP contribution in [-0.2, 0) is 11.0 Å². The van der Waals surface area contributed by atoms with E-state index in [1.165, 1.54) is 7.11 Å². The molecule has 4 heterocycles. The quantitative estimate of drug-likeness (QED) is 0.659. The Bertz CT molecular complexity index is 1090. The van der Waals surface area contributed by atoms with Gasteiger partial charge in [0.1, 0.15) is 17.6 Å². The molecule has 1 aromatic carbocycles. The highest BCUT2D eigenvalue weighted by Gasteiger charge is 2.38. The van der Waals surface area contributed by atoms with Gasteiger partial charge in [0.05, 0.1) is 25.2 Å². The number of carbonyl (C=O) groups excluding carboxylic acids is 1. The maximum Gasteiger partial charge on any atom is 0.433 e. The molecule has 0 radical (unpaired) electrons. The van der Waals surface area contributed by atoms with E-state index in [0.29, 0.717) is 68.9 Å². The molecule has 3 atom stereocenters. The van der Waals surface area contributed by atoms with Crippen LogP contribution in [0.4, 0.5) is 23.2 Å². The summed E-state index contributed by atoms with van der Waals surface area (Å²) in [6, 6.07) is 5.86. The molecule has 1 N–H and O–H groups in total. The second-order valence-electron chi connectivity index (χ2n) is 9.45. The third kappa shape index (κ3) is 4.88. The summed E-state index contributed by atoms with van der Waals surface area (Å²) in [4.78, 5) is 22.4. The monoisotopic (exact) mass is 495 g/mol. The number of carbonyl (C=O) groups is 1. The number of aromatic nitrogens is 1. The van der Waals surface area contributed by atoms with Crippen LogP contribution in [0, 0.1) is 0 Å². The molecule has 3 aliphatic rings. The standard InChI is InChI=1S/C24H29F4N5O2/c1-35-17-2-3-19-18(11-17)21(12-22(30-19)24(26,27)28)32-8-6-31(7-9-32)16-10-20(29-13-16)23(34)33-5-4-15(25)14-33/h2-3,11-12,15-16,20,29H,4-10,13-14H2,1H3/t15?,16-,20-/m0/s1. The van der Waals surface area contributed by atoms with E-state index >= 15 is 0 Å². The summed E-state index contributed by atoms with van der Waals surface area (Å²) in [5, 5.41) is 3.90. The van der Waals surface area contributed by atoms with Gasteiger partial charge in [0.25, 0.3) is 0 Å². The second-order valence-corrected chi connectivity index (χ2v) is 9.45. The van der Waals surface area contributed by atoms with Gasteiger partial charge in [0, 0.05) is 56.4 Å². The van der Waals surface area contributed by atoms with Crippen molar-refractivity contribution < 1.29 is 27.1 Å². The lowest BCUT2D eigenvalue weighted by Gasteiger charge is -2.39. The maximum absolute atomic E-state index is 13.5. The summed E-state index contributed by atoms with van der Waals surface area (Å²) >= 11 is 0. The van der Waals surface area contributed by atoms with Crippen molar-refractivity contribution in [3.05, 3.63) is 30.0 Å². The first-order chi connectivity index (χ1) is 16.7. The molecular formula is C24H29F4N5O2. The molecule has 0 saturated carbocycles. The van der Waals surface area contributed by atoms with Crippen molar-refractivity contribution in [1.29, 1.82) is 0 Å². The number of methoxy groups -OCH3 is 1. The van der Waals surface area contributed by atoms with Gasteiger partial charge in [-0.3, -0.25) is 9.69 Å². The van der Waals surface area contributed by atoms with Crippen molar-refractivity contribution in [3.63, 3.8) is 0 Å². The SMILES string of the molecule is COc1ccc2nc(C(F)(F)F)cc(N3CCN([C@@H]4CN[C@H](C(=O)N5CCC(F)C5)C4)CC3)c2c1. The highest BCUT2D eigenvalue weighted by molar-refractivity contribution is 5.93. The van der Waals surface area contributed by atoms with Gasteiger partial charge in [-0.05, 0) is 37.1 Å². The Morgan fingerprint density at radius 1 is 1.14 bits per heavy atom. The van der Waals surface area contributed by atoms with Gasteiger partial charge in [0.15, 0.2) is 0 Å². The molecule has 1 amide bonds. The second kappa shape index (κ2) is 9.42. The van der Waals surface area contributed by atoms with Crippen LogP contribution in [0.25, 0.3) is 10.9 Å². The van der Waals surface area contributed by atoms with Crippen molar-refractivity contribution in [3.8, 4) is 5.75 Å². The Labute approximate surface area is 201 Å². The number of alkyl halides is 4. The van der Waals surface area contributed by atoms with E-state index in [9.17, 15) is 22.4 Å². The summed E-state index contributed by atoms with van der Waals surface area (Å²) < 4.78 is 59.4. The topological polar surface area (TPSA) is 60.9 Å². The zero-order valence-electron chi connectivity index (χ0n) is 19.5. The van der Waals surface area contributed by atoms with E-state index in [1.54, 1.807) is 23.1 Å². The van der Waals surface area contributed by atoms with Crippen LogP contribution in [0.3, 0.4) is 0 Å². The normalized spacial score (nSPS) is 26.0. The number of piperazine rings is 1. The van der Waals surface area contributed by atoms with Crippen LogP contribution < -0.4 is 15.0 Å². The molecule has 0 aliphatic carbocycles. The van der Waals surface area contributed by atoms with E-state index in [4.69, 9.17) is 4.74 Å². The number of nitrogens with zero attached hydrogens (tertiary/aromatic N) is 4. The van der Waals surface area contributed by atoms with Crippen molar-refractivity contribution >= 4 is 22.5 Å². The number of pyridine rings is 1. The molecule has 3 saturated heterocycles. The van der Waals surface area contributed by atoms with Crippen molar-refractivity contribution in [2.75, 3.05) is 57.8 Å². The van der Waals surface area contributed by atoms with Crippen molar-refractivity contribution in [1.82, 2.24) is 20.1 Å². The first kappa shape index (κ1) is 24.1. The summed E-state index contributed by atoms with van der Waals surface area (Å²) in [6.45, 7) is 3.74. The van der Waals surface area contributed by atoms with Gasteiger partial charge < -0.3 is 19.9 Å². The lowest BCUT2D eigenvalue weighted by atomic mass is 10.1. The predicted octanol–water partition coefficient (Wildman–Crippen LogP) is 2.69. The highest BCUT2D eigenvalue weighted by atomic mass is 19.4.